The molecule has 19 heavy (non-hydrogen) atoms. The van der Waals surface area contributed by atoms with E-state index in [1.807, 2.05) is 26.1 Å². The summed E-state index contributed by atoms with van der Waals surface area (Å²) in [7, 11) is 3.66. The number of nitrogens with one attached hydrogen (secondary N) is 1. The Morgan fingerprint density at radius 2 is 2.16 bits per heavy atom. The molecule has 1 aromatic carbocycles. The fourth-order valence-corrected chi connectivity index (χ4v) is 2.88. The molecule has 0 amide bonds. The van der Waals surface area contributed by atoms with Crippen LogP contribution >= 0.6 is 11.8 Å². The van der Waals surface area contributed by atoms with Crippen LogP contribution in [0.1, 0.15) is 16.9 Å². The molecular weight excluding hydrogens is 258 g/mol. The largest absolute Gasteiger partial charge is 0.496 e. The molecule has 0 aliphatic carbocycles. The molecule has 0 atom stereocenters. The molecule has 1 N–H and O–H groups in total. The van der Waals surface area contributed by atoms with Crippen molar-refractivity contribution in [2.45, 2.75) is 24.1 Å². The molecule has 102 valence electrons. The van der Waals surface area contributed by atoms with Crippen LogP contribution < -0.4 is 10.1 Å². The molecule has 2 rings (SSSR count). The van der Waals surface area contributed by atoms with Crippen molar-refractivity contribution in [3.05, 3.63) is 47.4 Å². The van der Waals surface area contributed by atoms with Gasteiger partial charge in [0.2, 0.25) is 0 Å². The summed E-state index contributed by atoms with van der Waals surface area (Å²) in [5, 5.41) is 3.16. The fourth-order valence-electron chi connectivity index (χ4n) is 1.94. The molecule has 4 heteroatoms. The van der Waals surface area contributed by atoms with E-state index in [4.69, 9.17) is 9.15 Å². The molecule has 0 aliphatic rings. The van der Waals surface area contributed by atoms with Crippen LogP contribution in [0.15, 0.2) is 39.8 Å². The van der Waals surface area contributed by atoms with E-state index in [1.54, 1.807) is 25.1 Å². The van der Waals surface area contributed by atoms with Crippen LogP contribution in [0.2, 0.25) is 0 Å². The highest BCUT2D eigenvalue weighted by atomic mass is 32.2. The van der Waals surface area contributed by atoms with Gasteiger partial charge in [0.1, 0.15) is 11.5 Å². The average molecular weight is 277 g/mol. The van der Waals surface area contributed by atoms with Crippen molar-refractivity contribution >= 4 is 11.8 Å². The number of hydrogen-bond acceptors (Lipinski definition) is 4. The molecule has 0 saturated carbocycles. The Labute approximate surface area is 118 Å². The lowest BCUT2D eigenvalue weighted by molar-refractivity contribution is 0.411. The van der Waals surface area contributed by atoms with E-state index in [0.29, 0.717) is 0 Å². The monoisotopic (exact) mass is 277 g/mol. The molecule has 0 unspecified atom stereocenters. The van der Waals surface area contributed by atoms with Gasteiger partial charge >= 0.3 is 0 Å². The zero-order chi connectivity index (χ0) is 13.7. The van der Waals surface area contributed by atoms with Crippen LogP contribution in [0.4, 0.5) is 0 Å². The van der Waals surface area contributed by atoms with E-state index in [0.717, 1.165) is 23.8 Å². The van der Waals surface area contributed by atoms with Crippen molar-refractivity contribution in [3.8, 4) is 5.75 Å². The number of furan rings is 1. The molecule has 0 spiro atoms. The number of methoxy groups -OCH3 is 1. The second-order valence-corrected chi connectivity index (χ2v) is 5.32. The molecular formula is C15H19NO2S. The smallest absolute Gasteiger partial charge is 0.122 e. The third kappa shape index (κ3) is 3.55. The highest BCUT2D eigenvalue weighted by molar-refractivity contribution is 7.98. The quantitative estimate of drug-likeness (QED) is 0.818. The molecule has 0 bridgehead atoms. The predicted octanol–water partition coefficient (Wildman–Crippen LogP) is 3.61. The van der Waals surface area contributed by atoms with Crippen LogP contribution in [0.3, 0.4) is 0 Å². The summed E-state index contributed by atoms with van der Waals surface area (Å²) in [5.41, 5.74) is 2.48. The van der Waals surface area contributed by atoms with Crippen LogP contribution in [-0.2, 0) is 12.3 Å². The Balaban J connectivity index is 2.13. The Kier molecular flexibility index (Phi) is 4.93. The Hall–Kier alpha value is -1.39. The minimum Gasteiger partial charge on any atom is -0.496 e. The third-order valence-electron chi connectivity index (χ3n) is 2.92. The normalized spacial score (nSPS) is 10.7. The number of ether oxygens (including phenoxy) is 1. The number of thioether (sulfide) groups is 1. The van der Waals surface area contributed by atoms with Crippen LogP contribution in [0.5, 0.6) is 5.75 Å². The first-order chi connectivity index (χ1) is 9.24. The topological polar surface area (TPSA) is 34.4 Å². The van der Waals surface area contributed by atoms with Crippen molar-refractivity contribution in [3.63, 3.8) is 0 Å². The highest BCUT2D eigenvalue weighted by Gasteiger charge is 2.07. The summed E-state index contributed by atoms with van der Waals surface area (Å²) >= 11 is 1.77. The van der Waals surface area contributed by atoms with Gasteiger partial charge in [-0.1, -0.05) is 6.07 Å². The lowest BCUT2D eigenvalue weighted by Crippen LogP contribution is -2.05. The lowest BCUT2D eigenvalue weighted by atomic mass is 10.1. The van der Waals surface area contributed by atoms with Crippen molar-refractivity contribution in [2.24, 2.45) is 0 Å². The first-order valence-corrected chi connectivity index (χ1v) is 7.20. The van der Waals surface area contributed by atoms with E-state index in [-0.39, 0.29) is 0 Å². The Bertz CT molecular complexity index is 537. The number of aryl methyl sites for hydroxylation is 1. The average Bonchev–Trinajstić information content (AvgIpc) is 2.82. The maximum absolute atomic E-state index is 5.42. The zero-order valence-electron chi connectivity index (χ0n) is 11.5. The Morgan fingerprint density at radius 1 is 1.32 bits per heavy atom. The summed E-state index contributed by atoms with van der Waals surface area (Å²) < 4.78 is 10.7. The van der Waals surface area contributed by atoms with E-state index < -0.39 is 0 Å². The Morgan fingerprint density at radius 3 is 2.79 bits per heavy atom. The van der Waals surface area contributed by atoms with Gasteiger partial charge in [-0.15, -0.1) is 11.8 Å². The molecule has 1 aromatic heterocycles. The van der Waals surface area contributed by atoms with E-state index in [1.165, 1.54) is 16.0 Å². The third-order valence-corrected chi connectivity index (χ3v) is 4.11. The molecule has 0 saturated heterocycles. The van der Waals surface area contributed by atoms with E-state index >= 15 is 0 Å². The lowest BCUT2D eigenvalue weighted by Gasteiger charge is -2.10. The molecule has 0 radical (unpaired) electrons. The maximum Gasteiger partial charge on any atom is 0.122 e. The van der Waals surface area contributed by atoms with E-state index in [2.05, 4.69) is 17.4 Å². The SMILES string of the molecule is CNCc1ccc(OC)c(CSc2ccoc2C)c1. The van der Waals surface area contributed by atoms with Crippen molar-refractivity contribution in [2.75, 3.05) is 14.2 Å². The first-order valence-electron chi connectivity index (χ1n) is 6.22. The van der Waals surface area contributed by atoms with Gasteiger partial charge in [0, 0.05) is 22.8 Å². The summed E-state index contributed by atoms with van der Waals surface area (Å²) in [6.45, 7) is 2.85. The van der Waals surface area contributed by atoms with Gasteiger partial charge in [0.15, 0.2) is 0 Å². The minimum absolute atomic E-state index is 0.867. The first kappa shape index (κ1) is 14.0. The van der Waals surface area contributed by atoms with Gasteiger partial charge in [-0.2, -0.15) is 0 Å². The number of hydrogen-bond donors (Lipinski definition) is 1. The standard InChI is InChI=1S/C15H19NO2S/c1-11-15(6-7-18-11)19-10-13-8-12(9-16-2)4-5-14(13)17-3/h4-8,16H,9-10H2,1-3H3. The number of benzene rings is 1. The fraction of sp³-hybridized carbons (Fsp3) is 0.333. The predicted molar refractivity (Wildman–Crippen MR) is 78.8 cm³/mol. The van der Waals surface area contributed by atoms with E-state index in [9.17, 15) is 0 Å². The summed E-state index contributed by atoms with van der Waals surface area (Å²) in [6.07, 6.45) is 1.73. The molecule has 0 fully saturated rings. The van der Waals surface area contributed by atoms with Crippen LogP contribution in [0.25, 0.3) is 0 Å². The minimum atomic E-state index is 0.867. The highest BCUT2D eigenvalue weighted by Crippen LogP contribution is 2.30. The van der Waals surface area contributed by atoms with Gasteiger partial charge in [-0.3, -0.25) is 0 Å². The van der Waals surface area contributed by atoms with Crippen molar-refractivity contribution in [1.29, 1.82) is 0 Å². The van der Waals surface area contributed by atoms with Crippen molar-refractivity contribution in [1.82, 2.24) is 5.32 Å². The zero-order valence-corrected chi connectivity index (χ0v) is 12.3. The summed E-state index contributed by atoms with van der Waals surface area (Å²) in [6, 6.07) is 8.32. The summed E-state index contributed by atoms with van der Waals surface area (Å²) in [4.78, 5) is 1.18. The summed E-state index contributed by atoms with van der Waals surface area (Å²) in [5.74, 6) is 2.78. The second-order valence-electron chi connectivity index (χ2n) is 4.31. The molecule has 1 heterocycles. The van der Waals surface area contributed by atoms with Gasteiger partial charge in [0.05, 0.1) is 13.4 Å². The van der Waals surface area contributed by atoms with Gasteiger partial charge < -0.3 is 14.5 Å². The van der Waals surface area contributed by atoms with Crippen LogP contribution in [-0.4, -0.2) is 14.2 Å². The molecule has 2 aromatic rings. The second kappa shape index (κ2) is 6.68. The van der Waals surface area contributed by atoms with Crippen molar-refractivity contribution < 1.29 is 9.15 Å². The van der Waals surface area contributed by atoms with Gasteiger partial charge in [-0.05, 0) is 37.7 Å². The van der Waals surface area contributed by atoms with Gasteiger partial charge in [-0.25, -0.2) is 0 Å². The maximum atomic E-state index is 5.42. The molecule has 0 aliphatic heterocycles. The van der Waals surface area contributed by atoms with Crippen LogP contribution in [0, 0.1) is 6.92 Å². The number of rotatable bonds is 6. The molecule has 3 nitrogen and oxygen atoms in total. The van der Waals surface area contributed by atoms with Gasteiger partial charge in [0.25, 0.3) is 0 Å².